The summed E-state index contributed by atoms with van der Waals surface area (Å²) >= 11 is 5.95. The number of benzene rings is 2. The molecule has 5 nitrogen and oxygen atoms in total. The summed E-state index contributed by atoms with van der Waals surface area (Å²) in [6.45, 7) is 4.82. The van der Waals surface area contributed by atoms with Crippen LogP contribution >= 0.6 is 11.6 Å². The molecule has 1 heterocycles. The number of halogens is 1. The van der Waals surface area contributed by atoms with Gasteiger partial charge in [0, 0.05) is 36.3 Å². The molecule has 1 fully saturated rings. The molecular weight excluding hydrogens is 374 g/mol. The average molecular weight is 402 g/mol. The van der Waals surface area contributed by atoms with Crippen LogP contribution in [0.5, 0.6) is 5.75 Å². The van der Waals surface area contributed by atoms with Crippen LogP contribution in [0.15, 0.2) is 48.5 Å². The lowest BCUT2D eigenvalue weighted by molar-refractivity contribution is 0.186. The molecule has 1 aliphatic rings. The van der Waals surface area contributed by atoms with E-state index < -0.39 is 0 Å². The van der Waals surface area contributed by atoms with Gasteiger partial charge >= 0.3 is 6.03 Å². The van der Waals surface area contributed by atoms with Gasteiger partial charge < -0.3 is 15.4 Å². The Morgan fingerprint density at radius 1 is 1.18 bits per heavy atom. The second-order valence-corrected chi connectivity index (χ2v) is 7.69. The molecule has 6 heteroatoms. The van der Waals surface area contributed by atoms with E-state index in [4.69, 9.17) is 16.3 Å². The molecule has 0 aromatic heterocycles. The Balaban J connectivity index is 1.44. The van der Waals surface area contributed by atoms with Crippen LogP contribution in [0.1, 0.15) is 36.9 Å². The molecule has 3 rings (SSSR count). The molecule has 0 spiro atoms. The molecule has 0 bridgehead atoms. The first kappa shape index (κ1) is 20.5. The molecule has 2 N–H and O–H groups in total. The standard InChI is InChI=1S/C22H28ClN3O2/c1-16(20-5-3-4-6-21(20)28-2)24-22(27)25-19-11-13-26(14-12-19)15-17-7-9-18(23)10-8-17/h3-10,16,19H,11-15H2,1-2H3,(H2,24,25,27). The highest BCUT2D eigenvalue weighted by atomic mass is 35.5. The zero-order valence-corrected chi connectivity index (χ0v) is 17.2. The summed E-state index contributed by atoms with van der Waals surface area (Å²) < 4.78 is 5.38. The molecule has 0 saturated carbocycles. The van der Waals surface area contributed by atoms with Gasteiger partial charge in [-0.25, -0.2) is 4.79 Å². The maximum absolute atomic E-state index is 12.4. The van der Waals surface area contributed by atoms with Crippen LogP contribution in [0.2, 0.25) is 5.02 Å². The van der Waals surface area contributed by atoms with Gasteiger partial charge in [0.05, 0.1) is 13.2 Å². The van der Waals surface area contributed by atoms with E-state index in [1.165, 1.54) is 5.56 Å². The van der Waals surface area contributed by atoms with Crippen molar-refractivity contribution in [2.24, 2.45) is 0 Å². The summed E-state index contributed by atoms with van der Waals surface area (Å²) in [5.41, 5.74) is 2.23. The number of carbonyl (C=O) groups excluding carboxylic acids is 1. The van der Waals surface area contributed by atoms with Gasteiger partial charge in [0.25, 0.3) is 0 Å². The maximum Gasteiger partial charge on any atom is 0.315 e. The summed E-state index contributed by atoms with van der Waals surface area (Å²) in [6.07, 6.45) is 1.90. The first-order chi connectivity index (χ1) is 13.5. The summed E-state index contributed by atoms with van der Waals surface area (Å²) in [5.74, 6) is 0.783. The predicted molar refractivity (Wildman–Crippen MR) is 113 cm³/mol. The minimum atomic E-state index is -0.130. The van der Waals surface area contributed by atoms with Crippen molar-refractivity contribution in [3.05, 3.63) is 64.7 Å². The minimum absolute atomic E-state index is 0.124. The molecular formula is C22H28ClN3O2. The fraction of sp³-hybridized carbons (Fsp3) is 0.409. The lowest BCUT2D eigenvalue weighted by Gasteiger charge is -2.32. The summed E-state index contributed by atoms with van der Waals surface area (Å²) in [4.78, 5) is 14.8. The topological polar surface area (TPSA) is 53.6 Å². The van der Waals surface area contributed by atoms with E-state index in [1.54, 1.807) is 7.11 Å². The van der Waals surface area contributed by atoms with Crippen LogP contribution in [0.4, 0.5) is 4.79 Å². The highest BCUT2D eigenvalue weighted by Crippen LogP contribution is 2.24. The van der Waals surface area contributed by atoms with Crippen molar-refractivity contribution in [2.45, 2.75) is 38.4 Å². The first-order valence-corrected chi connectivity index (χ1v) is 10.1. The lowest BCUT2D eigenvalue weighted by atomic mass is 10.0. The molecule has 1 atom stereocenters. The van der Waals surface area contributed by atoms with E-state index in [9.17, 15) is 4.79 Å². The van der Waals surface area contributed by atoms with E-state index in [1.807, 2.05) is 43.3 Å². The van der Waals surface area contributed by atoms with Crippen molar-refractivity contribution >= 4 is 17.6 Å². The van der Waals surface area contributed by atoms with Crippen molar-refractivity contribution in [2.75, 3.05) is 20.2 Å². The fourth-order valence-corrected chi connectivity index (χ4v) is 3.74. The molecule has 1 unspecified atom stereocenters. The third kappa shape index (κ3) is 5.63. The third-order valence-corrected chi connectivity index (χ3v) is 5.45. The SMILES string of the molecule is COc1ccccc1C(C)NC(=O)NC1CCN(Cc2ccc(Cl)cc2)CC1. The van der Waals surface area contributed by atoms with Gasteiger partial charge in [-0.1, -0.05) is 41.9 Å². The zero-order valence-electron chi connectivity index (χ0n) is 16.5. The number of nitrogens with zero attached hydrogens (tertiary/aromatic N) is 1. The summed E-state index contributed by atoms with van der Waals surface area (Å²) in [6, 6.07) is 15.7. The van der Waals surface area contributed by atoms with Crippen molar-refractivity contribution < 1.29 is 9.53 Å². The van der Waals surface area contributed by atoms with Gasteiger partial charge in [0.1, 0.15) is 5.75 Å². The number of methoxy groups -OCH3 is 1. The molecule has 1 aliphatic heterocycles. The third-order valence-electron chi connectivity index (χ3n) is 5.20. The second-order valence-electron chi connectivity index (χ2n) is 7.26. The Morgan fingerprint density at radius 2 is 1.86 bits per heavy atom. The van der Waals surface area contributed by atoms with Gasteiger partial charge in [0.2, 0.25) is 0 Å². The van der Waals surface area contributed by atoms with Gasteiger partial charge in [-0.15, -0.1) is 0 Å². The monoisotopic (exact) mass is 401 g/mol. The van der Waals surface area contributed by atoms with Crippen molar-refractivity contribution in [1.29, 1.82) is 0 Å². The van der Waals surface area contributed by atoms with Gasteiger partial charge in [0.15, 0.2) is 0 Å². The Labute approximate surface area is 172 Å². The summed E-state index contributed by atoms with van der Waals surface area (Å²) in [7, 11) is 1.64. The molecule has 1 saturated heterocycles. The Kier molecular flexibility index (Phi) is 7.18. The molecule has 28 heavy (non-hydrogen) atoms. The quantitative estimate of drug-likeness (QED) is 0.755. The highest BCUT2D eigenvalue weighted by molar-refractivity contribution is 6.30. The Bertz CT molecular complexity index is 774. The predicted octanol–water partition coefficient (Wildman–Crippen LogP) is 4.37. The van der Waals surface area contributed by atoms with Crippen LogP contribution in [-0.4, -0.2) is 37.2 Å². The number of rotatable bonds is 6. The van der Waals surface area contributed by atoms with E-state index >= 15 is 0 Å². The number of carbonyl (C=O) groups is 1. The highest BCUT2D eigenvalue weighted by Gasteiger charge is 2.22. The Morgan fingerprint density at radius 3 is 2.54 bits per heavy atom. The molecule has 150 valence electrons. The number of para-hydroxylation sites is 1. The number of nitrogens with one attached hydrogen (secondary N) is 2. The number of hydrogen-bond acceptors (Lipinski definition) is 3. The normalized spacial score (nSPS) is 16.4. The van der Waals surface area contributed by atoms with Crippen LogP contribution in [-0.2, 0) is 6.54 Å². The van der Waals surface area contributed by atoms with Crippen LogP contribution in [0.3, 0.4) is 0 Å². The lowest BCUT2D eigenvalue weighted by Crippen LogP contribution is -2.48. The minimum Gasteiger partial charge on any atom is -0.496 e. The van der Waals surface area contributed by atoms with Crippen LogP contribution < -0.4 is 15.4 Å². The van der Waals surface area contributed by atoms with E-state index in [0.29, 0.717) is 0 Å². The van der Waals surface area contributed by atoms with E-state index in [2.05, 4.69) is 27.7 Å². The molecule has 2 amide bonds. The van der Waals surface area contributed by atoms with Gasteiger partial charge in [-0.2, -0.15) is 0 Å². The zero-order chi connectivity index (χ0) is 19.9. The van der Waals surface area contributed by atoms with Gasteiger partial charge in [-0.3, -0.25) is 4.90 Å². The van der Waals surface area contributed by atoms with Crippen molar-refractivity contribution in [1.82, 2.24) is 15.5 Å². The van der Waals surface area contributed by atoms with Crippen LogP contribution in [0.25, 0.3) is 0 Å². The second kappa shape index (κ2) is 9.80. The number of likely N-dealkylation sites (tertiary alicyclic amines) is 1. The average Bonchev–Trinajstić information content (AvgIpc) is 2.71. The largest absolute Gasteiger partial charge is 0.496 e. The first-order valence-electron chi connectivity index (χ1n) is 9.72. The van der Waals surface area contributed by atoms with E-state index in [-0.39, 0.29) is 18.1 Å². The number of urea groups is 1. The van der Waals surface area contributed by atoms with Crippen molar-refractivity contribution in [3.63, 3.8) is 0 Å². The van der Waals surface area contributed by atoms with Crippen molar-refractivity contribution in [3.8, 4) is 5.75 Å². The fourth-order valence-electron chi connectivity index (χ4n) is 3.61. The molecule has 2 aromatic rings. The van der Waals surface area contributed by atoms with Crippen LogP contribution in [0, 0.1) is 0 Å². The Hall–Kier alpha value is -2.24. The summed E-state index contributed by atoms with van der Waals surface area (Å²) in [5, 5.41) is 6.90. The molecule has 0 radical (unpaired) electrons. The number of ether oxygens (including phenoxy) is 1. The maximum atomic E-state index is 12.4. The number of amides is 2. The van der Waals surface area contributed by atoms with Gasteiger partial charge in [-0.05, 0) is 43.5 Å². The van der Waals surface area contributed by atoms with E-state index in [0.717, 1.165) is 48.8 Å². The smallest absolute Gasteiger partial charge is 0.315 e. The molecule has 2 aromatic carbocycles. The molecule has 0 aliphatic carbocycles. The number of piperidine rings is 1. The number of hydrogen-bond donors (Lipinski definition) is 2.